The fourth-order valence-corrected chi connectivity index (χ4v) is 1.34. The molecule has 0 unspecified atom stereocenters. The number of rotatable bonds is 7. The summed E-state index contributed by atoms with van der Waals surface area (Å²) in [6.45, 7) is 3.30. The third kappa shape index (κ3) is 7.27. The van der Waals surface area contributed by atoms with Gasteiger partial charge in [-0.3, -0.25) is 4.79 Å². The lowest BCUT2D eigenvalue weighted by Crippen LogP contribution is -2.38. The van der Waals surface area contributed by atoms with Crippen molar-refractivity contribution < 1.29 is 9.53 Å². The van der Waals surface area contributed by atoms with Crippen LogP contribution in [0.15, 0.2) is 30.3 Å². The molecule has 0 spiro atoms. The Kier molecular flexibility index (Phi) is 9.28. The van der Waals surface area contributed by atoms with Gasteiger partial charge in [-0.05, 0) is 12.5 Å². The van der Waals surface area contributed by atoms with Crippen LogP contribution >= 0.6 is 12.4 Å². The predicted octanol–water partition coefficient (Wildman–Crippen LogP) is 1.48. The van der Waals surface area contributed by atoms with Crippen LogP contribution in [0.3, 0.4) is 0 Å². The second kappa shape index (κ2) is 9.88. The van der Waals surface area contributed by atoms with Crippen molar-refractivity contribution >= 4 is 18.3 Å². The number of ether oxygens (including phenoxy) is 1. The highest BCUT2D eigenvalue weighted by Crippen LogP contribution is 2.00. The van der Waals surface area contributed by atoms with Gasteiger partial charge < -0.3 is 15.8 Å². The SMILES string of the molecule is C[C@@H](CN)NC(=O)CCOCc1ccccc1.Cl. The van der Waals surface area contributed by atoms with Gasteiger partial charge in [-0.15, -0.1) is 12.4 Å². The van der Waals surface area contributed by atoms with Gasteiger partial charge in [0.05, 0.1) is 13.2 Å². The molecule has 0 bridgehead atoms. The molecule has 5 heteroatoms. The van der Waals surface area contributed by atoms with E-state index in [0.29, 0.717) is 26.2 Å². The summed E-state index contributed by atoms with van der Waals surface area (Å²) in [5.74, 6) is -0.0176. The first-order valence-corrected chi connectivity index (χ1v) is 5.83. The van der Waals surface area contributed by atoms with Gasteiger partial charge in [-0.1, -0.05) is 30.3 Å². The van der Waals surface area contributed by atoms with Crippen molar-refractivity contribution in [2.24, 2.45) is 5.73 Å². The molecule has 0 saturated carbocycles. The largest absolute Gasteiger partial charge is 0.376 e. The molecular weight excluding hydrogens is 252 g/mol. The van der Waals surface area contributed by atoms with Crippen LogP contribution in [0.5, 0.6) is 0 Å². The van der Waals surface area contributed by atoms with Crippen LogP contribution in [0.4, 0.5) is 0 Å². The van der Waals surface area contributed by atoms with Gasteiger partial charge in [0.1, 0.15) is 0 Å². The van der Waals surface area contributed by atoms with E-state index in [0.717, 1.165) is 5.56 Å². The Morgan fingerprint density at radius 2 is 2.06 bits per heavy atom. The fourth-order valence-electron chi connectivity index (χ4n) is 1.34. The number of benzene rings is 1. The third-order valence-electron chi connectivity index (χ3n) is 2.35. The number of nitrogens with two attached hydrogens (primary N) is 1. The number of carbonyl (C=O) groups excluding carboxylic acids is 1. The van der Waals surface area contributed by atoms with Gasteiger partial charge in [0, 0.05) is 19.0 Å². The maximum atomic E-state index is 11.4. The number of nitrogens with one attached hydrogen (secondary N) is 1. The minimum Gasteiger partial charge on any atom is -0.376 e. The molecule has 1 atom stereocenters. The average molecular weight is 273 g/mol. The highest BCUT2D eigenvalue weighted by molar-refractivity contribution is 5.85. The zero-order chi connectivity index (χ0) is 12.5. The van der Waals surface area contributed by atoms with E-state index in [9.17, 15) is 4.79 Å². The van der Waals surface area contributed by atoms with E-state index in [1.807, 2.05) is 37.3 Å². The summed E-state index contributed by atoms with van der Waals surface area (Å²) in [5.41, 5.74) is 6.52. The van der Waals surface area contributed by atoms with Gasteiger partial charge in [0.2, 0.25) is 5.91 Å². The van der Waals surface area contributed by atoms with Crippen LogP contribution < -0.4 is 11.1 Å². The molecule has 0 aromatic heterocycles. The number of carbonyl (C=O) groups is 1. The van der Waals surface area contributed by atoms with Gasteiger partial charge in [-0.2, -0.15) is 0 Å². The van der Waals surface area contributed by atoms with Crippen molar-refractivity contribution in [1.82, 2.24) is 5.32 Å². The van der Waals surface area contributed by atoms with Gasteiger partial charge >= 0.3 is 0 Å². The zero-order valence-corrected chi connectivity index (χ0v) is 11.4. The van der Waals surface area contributed by atoms with Crippen molar-refractivity contribution in [1.29, 1.82) is 0 Å². The lowest BCUT2D eigenvalue weighted by Gasteiger charge is -2.11. The molecule has 18 heavy (non-hydrogen) atoms. The maximum Gasteiger partial charge on any atom is 0.222 e. The molecule has 0 aliphatic carbocycles. The standard InChI is InChI=1S/C13H20N2O2.ClH/c1-11(9-14)15-13(16)7-8-17-10-12-5-3-2-4-6-12;/h2-6,11H,7-10,14H2,1H3,(H,15,16);1H/t11-;/m0./s1. The van der Waals surface area contributed by atoms with E-state index in [-0.39, 0.29) is 24.4 Å². The number of hydrogen-bond donors (Lipinski definition) is 2. The Hall–Kier alpha value is -1.10. The minimum atomic E-state index is -0.0176. The molecule has 0 aliphatic rings. The molecular formula is C13H21ClN2O2. The summed E-state index contributed by atoms with van der Waals surface area (Å²) in [4.78, 5) is 11.4. The lowest BCUT2D eigenvalue weighted by molar-refractivity contribution is -0.122. The molecule has 102 valence electrons. The average Bonchev–Trinajstić information content (AvgIpc) is 2.36. The topological polar surface area (TPSA) is 64.3 Å². The zero-order valence-electron chi connectivity index (χ0n) is 10.6. The Labute approximate surface area is 114 Å². The molecule has 1 amide bonds. The first kappa shape index (κ1) is 16.9. The van der Waals surface area contributed by atoms with Crippen LogP contribution in [-0.4, -0.2) is 25.1 Å². The highest BCUT2D eigenvalue weighted by Gasteiger charge is 2.04. The summed E-state index contributed by atoms with van der Waals surface area (Å²) in [5, 5.41) is 2.78. The first-order chi connectivity index (χ1) is 8.22. The van der Waals surface area contributed by atoms with Crippen LogP contribution in [0.25, 0.3) is 0 Å². The molecule has 0 heterocycles. The normalized spacial score (nSPS) is 11.4. The van der Waals surface area contributed by atoms with E-state index in [1.165, 1.54) is 0 Å². The van der Waals surface area contributed by atoms with Crippen LogP contribution in [0.1, 0.15) is 18.9 Å². The van der Waals surface area contributed by atoms with E-state index in [1.54, 1.807) is 0 Å². The van der Waals surface area contributed by atoms with Crippen molar-refractivity contribution in [2.45, 2.75) is 26.0 Å². The molecule has 0 aliphatic heterocycles. The molecule has 0 saturated heterocycles. The molecule has 0 radical (unpaired) electrons. The molecule has 3 N–H and O–H groups in total. The van der Waals surface area contributed by atoms with Crippen molar-refractivity contribution in [3.05, 3.63) is 35.9 Å². The third-order valence-corrected chi connectivity index (χ3v) is 2.35. The number of halogens is 1. The number of hydrogen-bond acceptors (Lipinski definition) is 3. The predicted molar refractivity (Wildman–Crippen MR) is 74.6 cm³/mol. The summed E-state index contributed by atoms with van der Waals surface area (Å²) in [6.07, 6.45) is 0.372. The Balaban J connectivity index is 0.00000289. The first-order valence-electron chi connectivity index (χ1n) is 5.83. The second-order valence-corrected chi connectivity index (χ2v) is 3.99. The molecule has 4 nitrogen and oxygen atoms in total. The second-order valence-electron chi connectivity index (χ2n) is 3.99. The minimum absolute atomic E-state index is 0. The number of amides is 1. The summed E-state index contributed by atoms with van der Waals surface area (Å²) >= 11 is 0. The monoisotopic (exact) mass is 272 g/mol. The van der Waals surface area contributed by atoms with E-state index >= 15 is 0 Å². The highest BCUT2D eigenvalue weighted by atomic mass is 35.5. The molecule has 0 fully saturated rings. The molecule has 1 aromatic rings. The van der Waals surface area contributed by atoms with Crippen LogP contribution in [0.2, 0.25) is 0 Å². The van der Waals surface area contributed by atoms with Crippen molar-refractivity contribution in [3.63, 3.8) is 0 Å². The maximum absolute atomic E-state index is 11.4. The van der Waals surface area contributed by atoms with Crippen molar-refractivity contribution in [3.8, 4) is 0 Å². The Bertz CT molecular complexity index is 333. The smallest absolute Gasteiger partial charge is 0.222 e. The van der Waals surface area contributed by atoms with Crippen LogP contribution in [-0.2, 0) is 16.1 Å². The summed E-state index contributed by atoms with van der Waals surface area (Å²) < 4.78 is 5.41. The van der Waals surface area contributed by atoms with E-state index in [4.69, 9.17) is 10.5 Å². The summed E-state index contributed by atoms with van der Waals surface area (Å²) in [7, 11) is 0. The molecule has 1 aromatic carbocycles. The van der Waals surface area contributed by atoms with Gasteiger partial charge in [-0.25, -0.2) is 0 Å². The Morgan fingerprint density at radius 1 is 1.39 bits per heavy atom. The van der Waals surface area contributed by atoms with E-state index < -0.39 is 0 Å². The van der Waals surface area contributed by atoms with Crippen molar-refractivity contribution in [2.75, 3.05) is 13.2 Å². The summed E-state index contributed by atoms with van der Waals surface area (Å²) in [6, 6.07) is 9.91. The Morgan fingerprint density at radius 3 is 2.67 bits per heavy atom. The fraction of sp³-hybridized carbons (Fsp3) is 0.462. The lowest BCUT2D eigenvalue weighted by atomic mass is 10.2. The van der Waals surface area contributed by atoms with E-state index in [2.05, 4.69) is 5.32 Å². The van der Waals surface area contributed by atoms with Gasteiger partial charge in [0.25, 0.3) is 0 Å². The molecule has 1 rings (SSSR count). The van der Waals surface area contributed by atoms with Gasteiger partial charge in [0.15, 0.2) is 0 Å². The van der Waals surface area contributed by atoms with Crippen LogP contribution in [0, 0.1) is 0 Å². The quantitative estimate of drug-likeness (QED) is 0.739.